The highest BCUT2D eigenvalue weighted by molar-refractivity contribution is 8.01. The zero-order valence-corrected chi connectivity index (χ0v) is 7.77. The van der Waals surface area contributed by atoms with Gasteiger partial charge in [-0.15, -0.1) is 23.1 Å². The third-order valence-corrected chi connectivity index (χ3v) is 3.37. The van der Waals surface area contributed by atoms with Crippen LogP contribution in [0.2, 0.25) is 0 Å². The van der Waals surface area contributed by atoms with E-state index in [1.54, 1.807) is 0 Å². The van der Waals surface area contributed by atoms with E-state index >= 15 is 0 Å². The zero-order valence-electron chi connectivity index (χ0n) is 6.14. The quantitative estimate of drug-likeness (QED) is 0.725. The summed E-state index contributed by atoms with van der Waals surface area (Å²) in [5.41, 5.74) is 0. The first-order valence-electron chi connectivity index (χ1n) is 3.27. The topological polar surface area (TPSA) is 57.5 Å². The van der Waals surface area contributed by atoms with Gasteiger partial charge in [0.15, 0.2) is 6.10 Å². The lowest BCUT2D eigenvalue weighted by molar-refractivity contribution is -0.145. The molecule has 12 heavy (non-hydrogen) atoms. The van der Waals surface area contributed by atoms with E-state index in [2.05, 4.69) is 0 Å². The molecule has 1 rings (SSSR count). The molecule has 0 saturated heterocycles. The van der Waals surface area contributed by atoms with E-state index in [0.717, 1.165) is 4.21 Å². The molecule has 0 bridgehead atoms. The number of thioether (sulfide) groups is 1. The Morgan fingerprint density at radius 1 is 1.75 bits per heavy atom. The molecule has 3 nitrogen and oxygen atoms in total. The van der Waals surface area contributed by atoms with Gasteiger partial charge in [-0.25, -0.2) is 4.79 Å². The summed E-state index contributed by atoms with van der Waals surface area (Å²) in [7, 11) is 0. The number of aliphatic carboxylic acids is 1. The van der Waals surface area contributed by atoms with E-state index in [4.69, 9.17) is 10.2 Å². The van der Waals surface area contributed by atoms with E-state index < -0.39 is 12.1 Å². The number of aliphatic hydroxyl groups excluding tert-OH is 1. The molecule has 0 saturated carbocycles. The maximum Gasteiger partial charge on any atom is 0.333 e. The van der Waals surface area contributed by atoms with Crippen LogP contribution < -0.4 is 0 Å². The second kappa shape index (κ2) is 4.49. The summed E-state index contributed by atoms with van der Waals surface area (Å²) in [6.07, 6.45) is -1.27. The highest BCUT2D eigenvalue weighted by atomic mass is 32.2. The average molecular weight is 204 g/mol. The summed E-state index contributed by atoms with van der Waals surface area (Å²) in [4.78, 5) is 10.2. The number of aliphatic hydroxyl groups is 1. The minimum absolute atomic E-state index is 0.204. The molecule has 0 fully saturated rings. The van der Waals surface area contributed by atoms with Crippen molar-refractivity contribution in [3.05, 3.63) is 17.5 Å². The molecule has 0 radical (unpaired) electrons. The number of carboxylic acids is 1. The molecule has 0 spiro atoms. The Labute approximate surface area is 78.0 Å². The fourth-order valence-corrected chi connectivity index (χ4v) is 2.31. The van der Waals surface area contributed by atoms with Crippen LogP contribution in [0.1, 0.15) is 0 Å². The molecule has 0 aliphatic rings. The molecule has 0 amide bonds. The van der Waals surface area contributed by atoms with Crippen molar-refractivity contribution >= 4 is 29.1 Å². The number of carbonyl (C=O) groups is 1. The summed E-state index contributed by atoms with van der Waals surface area (Å²) in [5, 5.41) is 19.2. The lowest BCUT2D eigenvalue weighted by Crippen LogP contribution is -2.21. The molecule has 1 aromatic heterocycles. The Morgan fingerprint density at radius 2 is 2.50 bits per heavy atom. The Kier molecular flexibility index (Phi) is 3.58. The maximum atomic E-state index is 10.2. The van der Waals surface area contributed by atoms with Crippen LogP contribution in [0.5, 0.6) is 0 Å². The summed E-state index contributed by atoms with van der Waals surface area (Å²) in [6.45, 7) is 0. The Hall–Kier alpha value is -0.520. The van der Waals surface area contributed by atoms with Gasteiger partial charge in [-0.05, 0) is 11.4 Å². The minimum Gasteiger partial charge on any atom is -0.479 e. The molecule has 0 aliphatic carbocycles. The molecule has 2 N–H and O–H groups in total. The fraction of sp³-hybridized carbons (Fsp3) is 0.286. The van der Waals surface area contributed by atoms with Crippen molar-refractivity contribution in [1.82, 2.24) is 0 Å². The molecule has 1 heterocycles. The van der Waals surface area contributed by atoms with Gasteiger partial charge in [-0.3, -0.25) is 0 Å². The van der Waals surface area contributed by atoms with Crippen LogP contribution in [0.4, 0.5) is 0 Å². The van der Waals surface area contributed by atoms with Crippen LogP contribution in [0, 0.1) is 0 Å². The highest BCUT2D eigenvalue weighted by Gasteiger charge is 2.12. The SMILES string of the molecule is O=C(O)[C@@H](O)CSc1cccs1. The molecule has 0 unspecified atom stereocenters. The Bertz CT molecular complexity index is 245. The summed E-state index contributed by atoms with van der Waals surface area (Å²) in [6, 6.07) is 3.78. The molecular weight excluding hydrogens is 196 g/mol. The predicted octanol–water partition coefficient (Wildman–Crippen LogP) is 1.29. The third-order valence-electron chi connectivity index (χ3n) is 1.16. The van der Waals surface area contributed by atoms with Gasteiger partial charge in [0.2, 0.25) is 0 Å². The van der Waals surface area contributed by atoms with Gasteiger partial charge in [-0.1, -0.05) is 6.07 Å². The largest absolute Gasteiger partial charge is 0.479 e. The van der Waals surface area contributed by atoms with E-state index in [1.807, 2.05) is 17.5 Å². The Morgan fingerprint density at radius 3 is 3.00 bits per heavy atom. The smallest absolute Gasteiger partial charge is 0.333 e. The van der Waals surface area contributed by atoms with Crippen molar-refractivity contribution in [2.75, 3.05) is 5.75 Å². The summed E-state index contributed by atoms with van der Waals surface area (Å²) in [5.74, 6) is -0.963. The second-order valence-corrected chi connectivity index (χ2v) is 4.37. The number of carboxylic acid groups (broad SMARTS) is 1. The minimum atomic E-state index is -1.27. The van der Waals surface area contributed by atoms with Crippen molar-refractivity contribution in [1.29, 1.82) is 0 Å². The Balaban J connectivity index is 2.31. The van der Waals surface area contributed by atoms with Crippen molar-refractivity contribution in [3.8, 4) is 0 Å². The molecule has 5 heteroatoms. The van der Waals surface area contributed by atoms with Crippen molar-refractivity contribution in [3.63, 3.8) is 0 Å². The molecule has 0 aliphatic heterocycles. The first-order chi connectivity index (χ1) is 5.70. The second-order valence-electron chi connectivity index (χ2n) is 2.10. The molecule has 0 aromatic carbocycles. The predicted molar refractivity (Wildman–Crippen MR) is 48.7 cm³/mol. The van der Waals surface area contributed by atoms with Crippen molar-refractivity contribution in [2.45, 2.75) is 10.3 Å². The van der Waals surface area contributed by atoms with Gasteiger partial charge >= 0.3 is 5.97 Å². The molecule has 1 aromatic rings. The van der Waals surface area contributed by atoms with Gasteiger partial charge in [0.05, 0.1) is 4.21 Å². The van der Waals surface area contributed by atoms with Crippen LogP contribution in [0.15, 0.2) is 21.7 Å². The van der Waals surface area contributed by atoms with Gasteiger partial charge in [0.25, 0.3) is 0 Å². The van der Waals surface area contributed by atoms with Crippen molar-refractivity contribution < 1.29 is 15.0 Å². The van der Waals surface area contributed by atoms with E-state index in [9.17, 15) is 4.79 Å². The maximum absolute atomic E-state index is 10.2. The number of hydrogen-bond donors (Lipinski definition) is 2. The van der Waals surface area contributed by atoms with Crippen LogP contribution in [0.3, 0.4) is 0 Å². The summed E-state index contributed by atoms with van der Waals surface area (Å²) < 4.78 is 1.02. The monoisotopic (exact) mass is 204 g/mol. The van der Waals surface area contributed by atoms with Gasteiger partial charge in [0.1, 0.15) is 0 Å². The van der Waals surface area contributed by atoms with E-state index in [1.165, 1.54) is 23.1 Å². The number of hydrogen-bond acceptors (Lipinski definition) is 4. The van der Waals surface area contributed by atoms with Gasteiger partial charge in [0, 0.05) is 5.75 Å². The number of thiophene rings is 1. The lowest BCUT2D eigenvalue weighted by atomic mass is 10.4. The van der Waals surface area contributed by atoms with Crippen LogP contribution >= 0.6 is 23.1 Å². The highest BCUT2D eigenvalue weighted by Crippen LogP contribution is 2.23. The van der Waals surface area contributed by atoms with Gasteiger partial charge in [-0.2, -0.15) is 0 Å². The third kappa shape index (κ3) is 2.84. The normalized spacial score (nSPS) is 12.8. The van der Waals surface area contributed by atoms with Gasteiger partial charge < -0.3 is 10.2 Å². The van der Waals surface area contributed by atoms with Crippen LogP contribution in [-0.2, 0) is 4.79 Å². The van der Waals surface area contributed by atoms with Crippen molar-refractivity contribution in [2.24, 2.45) is 0 Å². The molecular formula is C7H8O3S2. The first-order valence-corrected chi connectivity index (χ1v) is 5.14. The fourth-order valence-electron chi connectivity index (χ4n) is 0.578. The first kappa shape index (κ1) is 9.57. The standard InChI is InChI=1S/C7H8O3S2/c8-5(7(9)10)4-12-6-2-1-3-11-6/h1-3,5,8H,4H2,(H,9,10)/t5-/m0/s1. The van der Waals surface area contributed by atoms with E-state index in [-0.39, 0.29) is 5.75 Å². The van der Waals surface area contributed by atoms with Crippen LogP contribution in [-0.4, -0.2) is 28.0 Å². The zero-order chi connectivity index (χ0) is 8.97. The number of rotatable bonds is 4. The molecule has 1 atom stereocenters. The van der Waals surface area contributed by atoms with Crippen LogP contribution in [0.25, 0.3) is 0 Å². The summed E-state index contributed by atoms with van der Waals surface area (Å²) >= 11 is 2.89. The molecule has 66 valence electrons. The lowest BCUT2D eigenvalue weighted by Gasteiger charge is -2.02. The van der Waals surface area contributed by atoms with E-state index in [0.29, 0.717) is 0 Å². The average Bonchev–Trinajstić information content (AvgIpc) is 2.51.